The monoisotopic (exact) mass is 326 g/mol. The average Bonchev–Trinajstić information content (AvgIpc) is 2.49. The van der Waals surface area contributed by atoms with Gasteiger partial charge in [-0.3, -0.25) is 9.59 Å². The van der Waals surface area contributed by atoms with Crippen molar-refractivity contribution in [3.63, 3.8) is 0 Å². The fourth-order valence-corrected chi connectivity index (χ4v) is 3.21. The highest BCUT2D eigenvalue weighted by Crippen LogP contribution is 2.16. The van der Waals surface area contributed by atoms with Crippen molar-refractivity contribution in [1.29, 1.82) is 0 Å². The topological polar surface area (TPSA) is 92.8 Å². The van der Waals surface area contributed by atoms with Gasteiger partial charge in [0.2, 0.25) is 15.9 Å². The Labute approximate surface area is 129 Å². The van der Waals surface area contributed by atoms with Crippen LogP contribution in [0.1, 0.15) is 12.8 Å². The summed E-state index contributed by atoms with van der Waals surface area (Å²) in [4.78, 5) is 24.4. The number of piperidine rings is 1. The number of hydrogen-bond acceptors (Lipinski definition) is 5. The molecule has 1 aliphatic heterocycles. The van der Waals surface area contributed by atoms with Crippen LogP contribution >= 0.6 is 0 Å². The molecule has 1 heterocycles. The minimum atomic E-state index is -3.66. The summed E-state index contributed by atoms with van der Waals surface area (Å²) in [5.41, 5.74) is 0. The maximum absolute atomic E-state index is 12.2. The maximum atomic E-state index is 12.2. The second-order valence-electron chi connectivity index (χ2n) is 4.92. The van der Waals surface area contributed by atoms with E-state index >= 15 is 0 Å². The molecule has 22 heavy (non-hydrogen) atoms. The lowest BCUT2D eigenvalue weighted by Gasteiger charge is -2.26. The average molecular weight is 326 g/mol. The van der Waals surface area contributed by atoms with Gasteiger partial charge < -0.3 is 9.64 Å². The number of carbonyl (C=O) groups excluding carboxylic acids is 2. The van der Waals surface area contributed by atoms with Gasteiger partial charge >= 0.3 is 0 Å². The number of benzene rings is 1. The van der Waals surface area contributed by atoms with E-state index in [-0.39, 0.29) is 36.1 Å². The van der Waals surface area contributed by atoms with E-state index in [0.717, 1.165) is 0 Å². The summed E-state index contributed by atoms with van der Waals surface area (Å²) >= 11 is 0. The SMILES string of the molecule is COc1cccc(S(=O)(=O)NCCN2CCC(=O)CC2=O)c1. The minimum absolute atomic E-state index is 0.0711. The number of carbonyl (C=O) groups is 2. The van der Waals surface area contributed by atoms with Crippen molar-refractivity contribution >= 4 is 21.7 Å². The summed E-state index contributed by atoms with van der Waals surface area (Å²) in [5.74, 6) is 0.127. The van der Waals surface area contributed by atoms with Crippen molar-refractivity contribution < 1.29 is 22.7 Å². The largest absolute Gasteiger partial charge is 0.497 e. The van der Waals surface area contributed by atoms with E-state index < -0.39 is 10.0 Å². The van der Waals surface area contributed by atoms with E-state index in [2.05, 4.69) is 4.72 Å². The minimum Gasteiger partial charge on any atom is -0.497 e. The number of ketones is 1. The number of nitrogens with zero attached hydrogens (tertiary/aromatic N) is 1. The molecule has 8 heteroatoms. The molecule has 0 radical (unpaired) electrons. The molecule has 0 bridgehead atoms. The smallest absolute Gasteiger partial charge is 0.240 e. The van der Waals surface area contributed by atoms with Gasteiger partial charge in [0.25, 0.3) is 0 Å². The molecular weight excluding hydrogens is 308 g/mol. The van der Waals surface area contributed by atoms with Gasteiger partial charge in [-0.1, -0.05) is 6.07 Å². The van der Waals surface area contributed by atoms with E-state index in [1.54, 1.807) is 12.1 Å². The van der Waals surface area contributed by atoms with E-state index in [1.165, 1.54) is 24.1 Å². The Balaban J connectivity index is 1.92. The molecule has 0 aliphatic carbocycles. The molecular formula is C14H18N2O5S. The standard InChI is InChI=1S/C14H18N2O5S/c1-21-12-3-2-4-13(10-12)22(19,20)15-6-8-16-7-5-11(17)9-14(16)18/h2-4,10,15H,5-9H2,1H3. The summed E-state index contributed by atoms with van der Waals surface area (Å²) < 4.78 is 31.7. The van der Waals surface area contributed by atoms with Crippen molar-refractivity contribution in [3.8, 4) is 5.75 Å². The van der Waals surface area contributed by atoms with Crippen LogP contribution in [0.15, 0.2) is 29.2 Å². The molecule has 7 nitrogen and oxygen atoms in total. The zero-order valence-corrected chi connectivity index (χ0v) is 13.1. The number of amides is 1. The van der Waals surface area contributed by atoms with Crippen LogP contribution < -0.4 is 9.46 Å². The molecule has 1 saturated heterocycles. The third kappa shape index (κ3) is 4.05. The first-order chi connectivity index (χ1) is 10.4. The van der Waals surface area contributed by atoms with Crippen molar-refractivity contribution in [2.45, 2.75) is 17.7 Å². The van der Waals surface area contributed by atoms with Crippen LogP contribution in [0.25, 0.3) is 0 Å². The molecule has 0 atom stereocenters. The number of ether oxygens (including phenoxy) is 1. The Morgan fingerprint density at radius 1 is 1.32 bits per heavy atom. The quantitative estimate of drug-likeness (QED) is 0.752. The van der Waals surface area contributed by atoms with E-state index in [9.17, 15) is 18.0 Å². The van der Waals surface area contributed by atoms with Crippen LogP contribution in [0.5, 0.6) is 5.75 Å². The number of methoxy groups -OCH3 is 1. The van der Waals surface area contributed by atoms with Gasteiger partial charge in [0.1, 0.15) is 11.5 Å². The molecule has 120 valence electrons. The molecule has 1 N–H and O–H groups in total. The van der Waals surface area contributed by atoms with Gasteiger partial charge in [-0.05, 0) is 12.1 Å². The Morgan fingerprint density at radius 2 is 2.09 bits per heavy atom. The van der Waals surface area contributed by atoms with Gasteiger partial charge in [0, 0.05) is 32.1 Å². The van der Waals surface area contributed by atoms with Crippen LogP contribution in [0.4, 0.5) is 0 Å². The Bertz CT molecular complexity index is 672. The molecule has 0 aromatic heterocycles. The van der Waals surface area contributed by atoms with Gasteiger partial charge in [-0.15, -0.1) is 0 Å². The summed E-state index contributed by atoms with van der Waals surface area (Å²) in [6, 6.07) is 6.14. The molecule has 1 aromatic rings. The van der Waals surface area contributed by atoms with E-state index in [4.69, 9.17) is 4.74 Å². The lowest BCUT2D eigenvalue weighted by molar-refractivity contribution is -0.139. The highest BCUT2D eigenvalue weighted by Gasteiger charge is 2.23. The highest BCUT2D eigenvalue weighted by molar-refractivity contribution is 7.89. The molecule has 0 saturated carbocycles. The molecule has 1 aromatic carbocycles. The van der Waals surface area contributed by atoms with Crippen LogP contribution in [0.2, 0.25) is 0 Å². The second-order valence-corrected chi connectivity index (χ2v) is 6.69. The van der Waals surface area contributed by atoms with Crippen molar-refractivity contribution in [3.05, 3.63) is 24.3 Å². The number of Topliss-reactive ketones (excluding diaryl/α,β-unsaturated/α-hetero) is 1. The predicted octanol–water partition coefficient (Wildman–Crippen LogP) is 0.165. The molecule has 1 aliphatic rings. The van der Waals surface area contributed by atoms with Crippen LogP contribution in [0, 0.1) is 0 Å². The van der Waals surface area contributed by atoms with Crippen LogP contribution in [-0.4, -0.2) is 51.8 Å². The molecule has 0 unspecified atom stereocenters. The van der Waals surface area contributed by atoms with Gasteiger partial charge in [-0.25, -0.2) is 13.1 Å². The number of likely N-dealkylation sites (tertiary alicyclic amines) is 1. The number of hydrogen-bond donors (Lipinski definition) is 1. The molecule has 1 amide bonds. The van der Waals surface area contributed by atoms with Crippen molar-refractivity contribution in [1.82, 2.24) is 9.62 Å². The fraction of sp³-hybridized carbons (Fsp3) is 0.429. The number of sulfonamides is 1. The van der Waals surface area contributed by atoms with Gasteiger partial charge in [0.15, 0.2) is 0 Å². The summed E-state index contributed by atoms with van der Waals surface area (Å²) in [7, 11) is -2.20. The number of rotatable bonds is 6. The first kappa shape index (κ1) is 16.4. The summed E-state index contributed by atoms with van der Waals surface area (Å²) in [6.07, 6.45) is 0.233. The first-order valence-corrected chi connectivity index (χ1v) is 8.34. The summed E-state index contributed by atoms with van der Waals surface area (Å²) in [5, 5.41) is 0. The van der Waals surface area contributed by atoms with Gasteiger partial charge in [-0.2, -0.15) is 0 Å². The molecule has 1 fully saturated rings. The number of nitrogens with one attached hydrogen (secondary N) is 1. The third-order valence-electron chi connectivity index (χ3n) is 3.39. The fourth-order valence-electron chi connectivity index (χ4n) is 2.16. The Kier molecular flexibility index (Phi) is 5.15. The predicted molar refractivity (Wildman–Crippen MR) is 79.0 cm³/mol. The van der Waals surface area contributed by atoms with Gasteiger partial charge in [0.05, 0.1) is 18.4 Å². The van der Waals surface area contributed by atoms with Crippen LogP contribution in [0.3, 0.4) is 0 Å². The normalized spacial score (nSPS) is 16.0. The first-order valence-electron chi connectivity index (χ1n) is 6.85. The summed E-state index contributed by atoms with van der Waals surface area (Å²) in [6.45, 7) is 0.688. The zero-order chi connectivity index (χ0) is 16.2. The lowest BCUT2D eigenvalue weighted by atomic mass is 10.1. The van der Waals surface area contributed by atoms with Crippen LogP contribution in [-0.2, 0) is 19.6 Å². The second kappa shape index (κ2) is 6.89. The van der Waals surface area contributed by atoms with E-state index in [0.29, 0.717) is 18.7 Å². The zero-order valence-electron chi connectivity index (χ0n) is 12.2. The third-order valence-corrected chi connectivity index (χ3v) is 4.85. The Morgan fingerprint density at radius 3 is 2.77 bits per heavy atom. The maximum Gasteiger partial charge on any atom is 0.240 e. The van der Waals surface area contributed by atoms with Crippen molar-refractivity contribution in [2.24, 2.45) is 0 Å². The highest BCUT2D eigenvalue weighted by atomic mass is 32.2. The van der Waals surface area contributed by atoms with E-state index in [1.807, 2.05) is 0 Å². The Hall–Kier alpha value is -1.93. The molecule has 0 spiro atoms. The van der Waals surface area contributed by atoms with Crippen molar-refractivity contribution in [2.75, 3.05) is 26.7 Å². The lowest BCUT2D eigenvalue weighted by Crippen LogP contribution is -2.43. The molecule has 2 rings (SSSR count).